The van der Waals surface area contributed by atoms with Crippen LogP contribution in [-0.2, 0) is 14.3 Å². The van der Waals surface area contributed by atoms with Crippen LogP contribution in [0.25, 0.3) is 0 Å². The van der Waals surface area contributed by atoms with Gasteiger partial charge in [-0.05, 0) is 13.5 Å². The third-order valence-corrected chi connectivity index (χ3v) is 1.53. The maximum atomic E-state index is 10.9. The summed E-state index contributed by atoms with van der Waals surface area (Å²) in [7, 11) is 1.63. The summed E-state index contributed by atoms with van der Waals surface area (Å²) < 4.78 is 4.50. The van der Waals surface area contributed by atoms with E-state index < -0.39 is 11.9 Å². The van der Waals surface area contributed by atoms with E-state index in [-0.39, 0.29) is 36.1 Å². The van der Waals surface area contributed by atoms with Gasteiger partial charge in [0.2, 0.25) is 0 Å². The van der Waals surface area contributed by atoms with Crippen LogP contribution in [0.15, 0.2) is 0 Å². The third-order valence-electron chi connectivity index (χ3n) is 1.53. The number of ether oxygens (including phenoxy) is 1. The zero-order chi connectivity index (χ0) is 10.1. The average molecular weight is 211 g/mol. The van der Waals surface area contributed by atoms with Gasteiger partial charge in [0.1, 0.15) is 0 Å². The summed E-state index contributed by atoms with van der Waals surface area (Å²) in [4.78, 5) is 21.7. The predicted molar refractivity (Wildman–Crippen MR) is 56.3 cm³/mol. The minimum atomic E-state index is -0.510. The minimum absolute atomic E-state index is 0. The molecule has 0 aliphatic heterocycles. The molecule has 0 fully saturated rings. The SMILES string of the molecule is CCCCCC(=O)OC(=O)CNC.[NaH]. The quantitative estimate of drug-likeness (QED) is 0.295. The Kier molecular flexibility index (Phi) is 13.2. The summed E-state index contributed by atoms with van der Waals surface area (Å²) >= 11 is 0. The fraction of sp³-hybridized carbons (Fsp3) is 0.778. The van der Waals surface area contributed by atoms with Crippen LogP contribution in [-0.4, -0.2) is 55.1 Å². The molecule has 0 saturated carbocycles. The standard InChI is InChI=1S/C9H17NO3.Na.H/c1-3-4-5-6-8(11)13-9(12)7-10-2;;/h10H,3-7H2,1-2H3;;. The van der Waals surface area contributed by atoms with Gasteiger partial charge < -0.3 is 10.1 Å². The first kappa shape index (κ1) is 16.5. The third kappa shape index (κ3) is 10.2. The molecule has 78 valence electrons. The Bertz CT molecular complexity index is 173. The van der Waals surface area contributed by atoms with Crippen molar-refractivity contribution in [2.24, 2.45) is 0 Å². The van der Waals surface area contributed by atoms with Gasteiger partial charge in [-0.15, -0.1) is 0 Å². The molecule has 0 rings (SSSR count). The molecule has 0 saturated heterocycles. The number of esters is 2. The number of hydrogen-bond donors (Lipinski definition) is 1. The molecule has 0 aliphatic rings. The first-order valence-electron chi connectivity index (χ1n) is 4.58. The van der Waals surface area contributed by atoms with Crippen molar-refractivity contribution in [2.75, 3.05) is 13.6 Å². The number of unbranched alkanes of at least 4 members (excludes halogenated alkanes) is 2. The van der Waals surface area contributed by atoms with E-state index in [1.165, 1.54) is 0 Å². The molecule has 5 heteroatoms. The van der Waals surface area contributed by atoms with Crippen molar-refractivity contribution in [2.45, 2.75) is 32.6 Å². The van der Waals surface area contributed by atoms with Gasteiger partial charge in [-0.2, -0.15) is 0 Å². The van der Waals surface area contributed by atoms with Crippen molar-refractivity contribution in [3.05, 3.63) is 0 Å². The second-order valence-corrected chi connectivity index (χ2v) is 2.83. The normalized spacial score (nSPS) is 9.00. The van der Waals surface area contributed by atoms with Crippen molar-refractivity contribution in [1.29, 1.82) is 0 Å². The summed E-state index contributed by atoms with van der Waals surface area (Å²) in [6, 6.07) is 0. The van der Waals surface area contributed by atoms with Gasteiger partial charge in [-0.3, -0.25) is 9.59 Å². The molecule has 0 spiro atoms. The molecular weight excluding hydrogens is 193 g/mol. The van der Waals surface area contributed by atoms with Crippen LogP contribution in [0, 0.1) is 0 Å². The van der Waals surface area contributed by atoms with Crippen molar-refractivity contribution in [3.63, 3.8) is 0 Å². The molecule has 1 N–H and O–H groups in total. The number of likely N-dealkylation sites (N-methyl/N-ethyl adjacent to an activating group) is 1. The molecule has 0 aromatic rings. The summed E-state index contributed by atoms with van der Waals surface area (Å²) in [5, 5.41) is 2.61. The zero-order valence-electron chi connectivity index (χ0n) is 8.26. The van der Waals surface area contributed by atoms with Gasteiger partial charge in [0, 0.05) is 6.42 Å². The number of carbonyl (C=O) groups excluding carboxylic acids is 2. The Balaban J connectivity index is 0. The monoisotopic (exact) mass is 211 g/mol. The predicted octanol–water partition coefficient (Wildman–Crippen LogP) is 0.207. The summed E-state index contributed by atoms with van der Waals surface area (Å²) in [6.45, 7) is 2.14. The Morgan fingerprint density at radius 1 is 1.21 bits per heavy atom. The number of rotatable bonds is 6. The molecule has 0 aliphatic carbocycles. The Morgan fingerprint density at radius 3 is 2.36 bits per heavy atom. The van der Waals surface area contributed by atoms with E-state index in [2.05, 4.69) is 17.0 Å². The van der Waals surface area contributed by atoms with E-state index in [4.69, 9.17) is 0 Å². The summed E-state index contributed by atoms with van der Waals surface area (Å²) in [5.74, 6) is -0.933. The van der Waals surface area contributed by atoms with Crippen LogP contribution in [0.5, 0.6) is 0 Å². The van der Waals surface area contributed by atoms with Crippen LogP contribution < -0.4 is 5.32 Å². The molecule has 14 heavy (non-hydrogen) atoms. The van der Waals surface area contributed by atoms with Crippen LogP contribution in [0.1, 0.15) is 32.6 Å². The molecule has 0 unspecified atom stereocenters. The Labute approximate surface area is 107 Å². The molecule has 0 aromatic heterocycles. The summed E-state index contributed by atoms with van der Waals surface area (Å²) in [6.07, 6.45) is 3.18. The molecule has 0 aromatic carbocycles. The molecule has 0 atom stereocenters. The van der Waals surface area contributed by atoms with Crippen molar-refractivity contribution in [1.82, 2.24) is 5.32 Å². The number of nitrogens with one attached hydrogen (secondary N) is 1. The maximum absolute atomic E-state index is 10.9. The van der Waals surface area contributed by atoms with Gasteiger partial charge >= 0.3 is 41.5 Å². The van der Waals surface area contributed by atoms with Crippen LogP contribution >= 0.6 is 0 Å². The van der Waals surface area contributed by atoms with E-state index in [9.17, 15) is 9.59 Å². The van der Waals surface area contributed by atoms with Gasteiger partial charge in [0.05, 0.1) is 6.54 Å². The van der Waals surface area contributed by atoms with Gasteiger partial charge in [-0.1, -0.05) is 19.8 Å². The first-order valence-corrected chi connectivity index (χ1v) is 4.58. The van der Waals surface area contributed by atoms with E-state index in [1.54, 1.807) is 7.05 Å². The Hall–Kier alpha value is 0.1000. The fourth-order valence-corrected chi connectivity index (χ4v) is 0.878. The van der Waals surface area contributed by atoms with E-state index in [0.29, 0.717) is 6.42 Å². The number of hydrogen-bond acceptors (Lipinski definition) is 4. The second-order valence-electron chi connectivity index (χ2n) is 2.83. The fourth-order valence-electron chi connectivity index (χ4n) is 0.878. The van der Waals surface area contributed by atoms with E-state index in [1.807, 2.05) is 0 Å². The van der Waals surface area contributed by atoms with Crippen molar-refractivity contribution < 1.29 is 14.3 Å². The molecular formula is C9H18NNaO3. The van der Waals surface area contributed by atoms with Gasteiger partial charge in [0.15, 0.2) is 0 Å². The molecule has 0 bridgehead atoms. The molecule has 4 nitrogen and oxygen atoms in total. The van der Waals surface area contributed by atoms with Crippen LogP contribution in [0.2, 0.25) is 0 Å². The van der Waals surface area contributed by atoms with Crippen LogP contribution in [0.4, 0.5) is 0 Å². The summed E-state index contributed by atoms with van der Waals surface area (Å²) in [5.41, 5.74) is 0. The van der Waals surface area contributed by atoms with Crippen LogP contribution in [0.3, 0.4) is 0 Å². The van der Waals surface area contributed by atoms with Crippen molar-refractivity contribution >= 4 is 41.5 Å². The van der Waals surface area contributed by atoms with E-state index in [0.717, 1.165) is 19.3 Å². The molecule has 0 heterocycles. The molecule has 0 amide bonds. The van der Waals surface area contributed by atoms with Crippen molar-refractivity contribution in [3.8, 4) is 0 Å². The topological polar surface area (TPSA) is 55.4 Å². The van der Waals surface area contributed by atoms with Gasteiger partial charge in [-0.25, -0.2) is 0 Å². The van der Waals surface area contributed by atoms with E-state index >= 15 is 0 Å². The first-order chi connectivity index (χ1) is 6.20. The Morgan fingerprint density at radius 2 is 1.86 bits per heavy atom. The zero-order valence-corrected chi connectivity index (χ0v) is 8.26. The average Bonchev–Trinajstić information content (AvgIpc) is 2.05. The van der Waals surface area contributed by atoms with Gasteiger partial charge in [0.25, 0.3) is 0 Å². The second kappa shape index (κ2) is 11.2. The number of carbonyl (C=O) groups is 2. The molecule has 0 radical (unpaired) electrons.